The van der Waals surface area contributed by atoms with Crippen LogP contribution in [-0.4, -0.2) is 45.2 Å². The fourth-order valence-electron chi connectivity index (χ4n) is 5.07. The van der Waals surface area contributed by atoms with E-state index in [1.165, 1.54) is 31.2 Å². The molecule has 0 aliphatic carbocycles. The van der Waals surface area contributed by atoms with E-state index < -0.39 is 0 Å². The molecule has 1 aromatic carbocycles. The molecule has 2 bridgehead atoms. The predicted molar refractivity (Wildman–Crippen MR) is 110 cm³/mol. The number of piperidine rings is 1. The Morgan fingerprint density at radius 2 is 1.93 bits per heavy atom. The molecule has 7 heteroatoms. The number of anilines is 1. The van der Waals surface area contributed by atoms with Gasteiger partial charge in [0, 0.05) is 30.7 Å². The van der Waals surface area contributed by atoms with Gasteiger partial charge in [-0.1, -0.05) is 11.3 Å². The van der Waals surface area contributed by atoms with Gasteiger partial charge in [-0.05, 0) is 61.1 Å². The zero-order chi connectivity index (χ0) is 19.4. The van der Waals surface area contributed by atoms with Crippen molar-refractivity contribution in [2.75, 3.05) is 11.9 Å². The third kappa shape index (κ3) is 2.88. The number of nitrogens with one attached hydrogen (secondary N) is 1. The number of hydrogen-bond donors (Lipinski definition) is 1. The zero-order valence-corrected chi connectivity index (χ0v) is 16.5. The van der Waals surface area contributed by atoms with Crippen LogP contribution in [0, 0.1) is 0 Å². The molecule has 2 atom stereocenters. The molecule has 2 aromatic heterocycles. The van der Waals surface area contributed by atoms with Gasteiger partial charge in [0.05, 0.1) is 18.1 Å². The number of benzene rings is 1. The Kier molecular flexibility index (Phi) is 3.84. The maximum Gasteiger partial charge on any atom is 0.223 e. The summed E-state index contributed by atoms with van der Waals surface area (Å²) in [4.78, 5) is 7.23. The summed E-state index contributed by atoms with van der Waals surface area (Å²) in [7, 11) is 2.17. The molecular weight excluding hydrogens is 364 g/mol. The van der Waals surface area contributed by atoms with Crippen LogP contribution >= 0.6 is 0 Å². The van der Waals surface area contributed by atoms with Gasteiger partial charge in [0.1, 0.15) is 12.4 Å². The van der Waals surface area contributed by atoms with Crippen molar-refractivity contribution in [3.8, 4) is 22.7 Å². The number of nitrogens with zero attached hydrogens (tertiary/aromatic N) is 5. The van der Waals surface area contributed by atoms with Crippen LogP contribution in [0.25, 0.3) is 16.8 Å². The fourth-order valence-corrected chi connectivity index (χ4v) is 5.07. The van der Waals surface area contributed by atoms with Crippen molar-refractivity contribution in [2.24, 2.45) is 0 Å². The van der Waals surface area contributed by atoms with E-state index in [1.807, 2.05) is 6.20 Å². The van der Waals surface area contributed by atoms with Gasteiger partial charge < -0.3 is 15.0 Å². The van der Waals surface area contributed by atoms with Gasteiger partial charge in [0.25, 0.3) is 0 Å². The number of hydrogen-bond acceptors (Lipinski definition) is 6. The molecule has 5 heterocycles. The average Bonchev–Trinajstić information content (AvgIpc) is 3.42. The highest BCUT2D eigenvalue weighted by Gasteiger charge is 2.35. The highest BCUT2D eigenvalue weighted by molar-refractivity contribution is 5.75. The van der Waals surface area contributed by atoms with E-state index >= 15 is 0 Å². The molecule has 0 amide bonds. The maximum absolute atomic E-state index is 6.06. The number of aromatic nitrogens is 4. The van der Waals surface area contributed by atoms with E-state index in [-0.39, 0.29) is 0 Å². The summed E-state index contributed by atoms with van der Waals surface area (Å²) < 4.78 is 7.82. The Bertz CT molecular complexity index is 1040. The van der Waals surface area contributed by atoms with Crippen LogP contribution < -0.4 is 15.0 Å². The van der Waals surface area contributed by atoms with Crippen LogP contribution in [0.15, 0.2) is 42.7 Å². The molecule has 2 fully saturated rings. The van der Waals surface area contributed by atoms with Crippen molar-refractivity contribution < 1.29 is 4.74 Å². The van der Waals surface area contributed by atoms with E-state index in [2.05, 4.69) is 57.9 Å². The second-order valence-electron chi connectivity index (χ2n) is 8.37. The Balaban J connectivity index is 1.29. The highest BCUT2D eigenvalue weighted by atomic mass is 16.5. The Morgan fingerprint density at radius 1 is 1.10 bits per heavy atom. The summed E-state index contributed by atoms with van der Waals surface area (Å²) in [5.41, 5.74) is 4.36. The third-order valence-electron chi connectivity index (χ3n) is 6.63. The summed E-state index contributed by atoms with van der Waals surface area (Å²) >= 11 is 0. The van der Waals surface area contributed by atoms with Crippen LogP contribution in [0.1, 0.15) is 31.2 Å². The van der Waals surface area contributed by atoms with Gasteiger partial charge in [-0.3, -0.25) is 0 Å². The normalized spacial score (nSPS) is 24.5. The lowest BCUT2D eigenvalue weighted by Gasteiger charge is -2.36. The lowest BCUT2D eigenvalue weighted by molar-refractivity contribution is 0.289. The maximum atomic E-state index is 6.06. The monoisotopic (exact) mass is 388 g/mol. The minimum Gasteiger partial charge on any atom is -0.472 e. The quantitative estimate of drug-likeness (QED) is 0.744. The highest BCUT2D eigenvalue weighted by Crippen LogP contribution is 2.39. The van der Waals surface area contributed by atoms with Gasteiger partial charge in [0.2, 0.25) is 5.88 Å². The van der Waals surface area contributed by atoms with Crippen molar-refractivity contribution in [2.45, 2.75) is 50.4 Å². The molecule has 1 N–H and O–H groups in total. The van der Waals surface area contributed by atoms with E-state index in [0.29, 0.717) is 24.7 Å². The van der Waals surface area contributed by atoms with Gasteiger partial charge in [-0.2, -0.15) is 4.98 Å². The first kappa shape index (κ1) is 17.0. The van der Waals surface area contributed by atoms with Crippen molar-refractivity contribution in [3.05, 3.63) is 48.3 Å². The summed E-state index contributed by atoms with van der Waals surface area (Å²) in [5.74, 6) is 1.73. The lowest BCUT2D eigenvalue weighted by atomic mass is 9.97. The Labute approximate surface area is 169 Å². The Hall–Kier alpha value is -2.93. The van der Waals surface area contributed by atoms with Gasteiger partial charge in [-0.15, -0.1) is 5.10 Å². The number of pyridine rings is 1. The first-order valence-electron chi connectivity index (χ1n) is 10.4. The molecule has 29 heavy (non-hydrogen) atoms. The molecular formula is C22H24N6O. The first-order valence-corrected chi connectivity index (χ1v) is 10.4. The number of ether oxygens (including phenoxy) is 1. The molecule has 3 aliphatic rings. The molecule has 3 aliphatic heterocycles. The molecule has 0 spiro atoms. The van der Waals surface area contributed by atoms with Gasteiger partial charge in [-0.25, -0.2) is 4.68 Å². The minimum atomic E-state index is 0.516. The molecule has 2 unspecified atom stereocenters. The standard InChI is InChI=1S/C22H24N6O/c1-27(18-11-15-2-3-16(12-18)24-15)21-7-6-20-19-5-4-17(28-9-8-23-26-28)10-14(19)13-29-22(20)25-21/h4-10,15-16,18,24H,2-3,11-13H2,1H3. The van der Waals surface area contributed by atoms with E-state index in [9.17, 15) is 0 Å². The molecule has 0 radical (unpaired) electrons. The van der Waals surface area contributed by atoms with Gasteiger partial charge in [0.15, 0.2) is 0 Å². The zero-order valence-electron chi connectivity index (χ0n) is 16.5. The summed E-state index contributed by atoms with van der Waals surface area (Å²) in [5, 5.41) is 11.7. The summed E-state index contributed by atoms with van der Waals surface area (Å²) in [6.07, 6.45) is 8.53. The first-order chi connectivity index (χ1) is 14.2. The third-order valence-corrected chi connectivity index (χ3v) is 6.63. The second kappa shape index (κ2) is 6.56. The molecule has 148 valence electrons. The van der Waals surface area contributed by atoms with Crippen LogP contribution in [0.3, 0.4) is 0 Å². The molecule has 3 aromatic rings. The van der Waals surface area contributed by atoms with E-state index in [4.69, 9.17) is 9.72 Å². The predicted octanol–water partition coefficient (Wildman–Crippen LogP) is 2.94. The second-order valence-corrected chi connectivity index (χ2v) is 8.37. The van der Waals surface area contributed by atoms with E-state index in [1.54, 1.807) is 10.9 Å². The summed E-state index contributed by atoms with van der Waals surface area (Å²) in [6.45, 7) is 0.516. The largest absolute Gasteiger partial charge is 0.472 e. The van der Waals surface area contributed by atoms with Crippen molar-refractivity contribution in [1.82, 2.24) is 25.3 Å². The van der Waals surface area contributed by atoms with Gasteiger partial charge >= 0.3 is 0 Å². The van der Waals surface area contributed by atoms with E-state index in [0.717, 1.165) is 28.5 Å². The van der Waals surface area contributed by atoms with Crippen molar-refractivity contribution in [3.63, 3.8) is 0 Å². The lowest BCUT2D eigenvalue weighted by Crippen LogP contribution is -2.47. The number of rotatable bonds is 3. The minimum absolute atomic E-state index is 0.516. The van der Waals surface area contributed by atoms with Crippen LogP contribution in [0.5, 0.6) is 5.88 Å². The molecule has 2 saturated heterocycles. The fraction of sp³-hybridized carbons (Fsp3) is 0.409. The van der Waals surface area contributed by atoms with Crippen molar-refractivity contribution >= 4 is 5.82 Å². The topological polar surface area (TPSA) is 68.1 Å². The molecule has 7 nitrogen and oxygen atoms in total. The van der Waals surface area contributed by atoms with Crippen LogP contribution in [-0.2, 0) is 6.61 Å². The SMILES string of the molecule is CN(c1ccc2c(n1)OCc1cc(-n3ccnn3)ccc1-2)C1CC2CCC(C1)N2. The van der Waals surface area contributed by atoms with Crippen LogP contribution in [0.2, 0.25) is 0 Å². The smallest absolute Gasteiger partial charge is 0.223 e. The molecule has 6 rings (SSSR count). The van der Waals surface area contributed by atoms with Crippen LogP contribution in [0.4, 0.5) is 5.82 Å². The number of fused-ring (bicyclic) bond motifs is 5. The average molecular weight is 388 g/mol. The Morgan fingerprint density at radius 3 is 2.72 bits per heavy atom. The molecule has 0 saturated carbocycles. The van der Waals surface area contributed by atoms with Crippen molar-refractivity contribution in [1.29, 1.82) is 0 Å². The summed E-state index contributed by atoms with van der Waals surface area (Å²) in [6, 6.07) is 12.5.